The van der Waals surface area contributed by atoms with E-state index in [2.05, 4.69) is 229 Å². The van der Waals surface area contributed by atoms with Gasteiger partial charge in [-0.25, -0.2) is 0 Å². The monoisotopic (exact) mass is 1100 g/mol. The lowest BCUT2D eigenvalue weighted by Gasteiger charge is -2.30. The van der Waals surface area contributed by atoms with Crippen LogP contribution in [-0.2, 0) is 0 Å². The van der Waals surface area contributed by atoms with Gasteiger partial charge in [-0.3, -0.25) is 0 Å². The van der Waals surface area contributed by atoms with E-state index in [0.29, 0.717) is 0 Å². The molecule has 0 radical (unpaired) electrons. The van der Waals surface area contributed by atoms with Crippen molar-refractivity contribution in [3.63, 3.8) is 0 Å². The molecular weight excluding hydrogens is 1040 g/mol. The third kappa shape index (κ3) is 12.6. The maximum atomic E-state index is 6.43. The predicted molar refractivity (Wildman–Crippen MR) is 348 cm³/mol. The standard InChI is InChI=1S/C79H58N2O4/c1-57-56-70(80(66-30-47-75(48-31-66)82-71-39-22-62(23-40-71)58-14-6-2-7-15-58)67-32-49-76(50-33-67)83-72-41-24-63(25-42-72)59-16-8-3-9-17-59)38-55-79(57)81(68-34-51-77(52-35-68)84-73-43-26-64(27-44-73)60-18-10-4-11-19-60)69-36-53-78(54-37-69)85-74-45-28-65(29-46-74)61-20-12-5-13-21-61/h2-56H,1H3. The van der Waals surface area contributed by atoms with E-state index in [4.69, 9.17) is 18.9 Å². The number of aryl methyl sites for hydroxylation is 1. The second kappa shape index (κ2) is 24.8. The van der Waals surface area contributed by atoms with Gasteiger partial charge in [0.2, 0.25) is 0 Å². The molecular formula is C79H58N2O4. The Morgan fingerprint density at radius 2 is 0.388 bits per heavy atom. The summed E-state index contributed by atoms with van der Waals surface area (Å²) in [5.74, 6) is 5.97. The number of ether oxygens (including phenoxy) is 4. The number of rotatable bonds is 18. The zero-order valence-electron chi connectivity index (χ0n) is 46.8. The second-order valence-electron chi connectivity index (χ2n) is 20.6. The van der Waals surface area contributed by atoms with Gasteiger partial charge in [-0.05, 0) is 221 Å². The maximum Gasteiger partial charge on any atom is 0.127 e. The first-order valence-corrected chi connectivity index (χ1v) is 28.4. The molecule has 6 heteroatoms. The van der Waals surface area contributed by atoms with Crippen molar-refractivity contribution in [1.82, 2.24) is 0 Å². The van der Waals surface area contributed by atoms with Gasteiger partial charge < -0.3 is 28.7 Å². The Kier molecular flexibility index (Phi) is 15.5. The quantitative estimate of drug-likeness (QED) is 0.0853. The molecule has 13 aromatic carbocycles. The Balaban J connectivity index is 0.808. The van der Waals surface area contributed by atoms with Crippen LogP contribution in [0.4, 0.5) is 34.1 Å². The van der Waals surface area contributed by atoms with Gasteiger partial charge >= 0.3 is 0 Å². The van der Waals surface area contributed by atoms with E-state index >= 15 is 0 Å². The van der Waals surface area contributed by atoms with E-state index in [1.54, 1.807) is 0 Å². The van der Waals surface area contributed by atoms with Gasteiger partial charge in [-0.1, -0.05) is 170 Å². The lowest BCUT2D eigenvalue weighted by atomic mass is 10.1. The van der Waals surface area contributed by atoms with Crippen LogP contribution in [0.5, 0.6) is 46.0 Å². The summed E-state index contributed by atoms with van der Waals surface area (Å²) in [4.78, 5) is 4.53. The summed E-state index contributed by atoms with van der Waals surface area (Å²) in [6.07, 6.45) is 0. The number of anilines is 6. The van der Waals surface area contributed by atoms with Gasteiger partial charge in [-0.15, -0.1) is 0 Å². The van der Waals surface area contributed by atoms with Crippen LogP contribution in [-0.4, -0.2) is 0 Å². The third-order valence-electron chi connectivity index (χ3n) is 14.8. The van der Waals surface area contributed by atoms with E-state index in [1.165, 1.54) is 0 Å². The molecule has 0 aliphatic rings. The van der Waals surface area contributed by atoms with E-state index in [9.17, 15) is 0 Å². The molecule has 0 atom stereocenters. The molecule has 0 bridgehead atoms. The Hall–Kier alpha value is -11.3. The average Bonchev–Trinajstić information content (AvgIpc) is 3.00. The summed E-state index contributed by atoms with van der Waals surface area (Å²) in [5.41, 5.74) is 16.0. The highest BCUT2D eigenvalue weighted by Crippen LogP contribution is 2.44. The third-order valence-corrected chi connectivity index (χ3v) is 14.8. The number of hydrogen-bond donors (Lipinski definition) is 0. The predicted octanol–water partition coefficient (Wildman–Crippen LogP) is 22.8. The zero-order valence-corrected chi connectivity index (χ0v) is 46.8. The molecule has 13 aromatic rings. The largest absolute Gasteiger partial charge is 0.457 e. The van der Waals surface area contributed by atoms with Crippen molar-refractivity contribution >= 4 is 34.1 Å². The fourth-order valence-electron chi connectivity index (χ4n) is 10.5. The molecule has 0 aliphatic carbocycles. The first-order valence-electron chi connectivity index (χ1n) is 28.4. The molecule has 408 valence electrons. The van der Waals surface area contributed by atoms with Crippen LogP contribution in [0.1, 0.15) is 5.56 Å². The van der Waals surface area contributed by atoms with Crippen LogP contribution in [0.2, 0.25) is 0 Å². The van der Waals surface area contributed by atoms with Crippen LogP contribution >= 0.6 is 0 Å². The summed E-state index contributed by atoms with van der Waals surface area (Å²) in [6.45, 7) is 2.16. The summed E-state index contributed by atoms with van der Waals surface area (Å²) in [7, 11) is 0. The van der Waals surface area contributed by atoms with E-state index in [0.717, 1.165) is 130 Å². The van der Waals surface area contributed by atoms with E-state index in [1.807, 2.05) is 121 Å². The molecule has 0 fully saturated rings. The minimum Gasteiger partial charge on any atom is -0.457 e. The zero-order chi connectivity index (χ0) is 57.2. The van der Waals surface area contributed by atoms with Gasteiger partial charge in [0, 0.05) is 34.1 Å². The molecule has 0 heterocycles. The van der Waals surface area contributed by atoms with Crippen molar-refractivity contribution in [2.75, 3.05) is 9.80 Å². The van der Waals surface area contributed by atoms with Crippen molar-refractivity contribution < 1.29 is 18.9 Å². The average molecular weight is 1100 g/mol. The molecule has 0 N–H and O–H groups in total. The lowest BCUT2D eigenvalue weighted by molar-refractivity contribution is 0.482. The fraction of sp³-hybridized carbons (Fsp3) is 0.0127. The molecule has 85 heavy (non-hydrogen) atoms. The van der Waals surface area contributed by atoms with Crippen molar-refractivity contribution in [2.24, 2.45) is 0 Å². The molecule has 0 unspecified atom stereocenters. The smallest absolute Gasteiger partial charge is 0.127 e. The number of hydrogen-bond acceptors (Lipinski definition) is 6. The van der Waals surface area contributed by atoms with Crippen molar-refractivity contribution in [2.45, 2.75) is 6.92 Å². The first-order chi connectivity index (χ1) is 42.0. The molecule has 0 spiro atoms. The van der Waals surface area contributed by atoms with E-state index in [-0.39, 0.29) is 0 Å². The minimum absolute atomic E-state index is 0.732. The molecule has 6 nitrogen and oxygen atoms in total. The topological polar surface area (TPSA) is 43.4 Å². The Morgan fingerprint density at radius 3 is 0.624 bits per heavy atom. The highest BCUT2D eigenvalue weighted by atomic mass is 16.5. The molecule has 13 rings (SSSR count). The maximum absolute atomic E-state index is 6.43. The van der Waals surface area contributed by atoms with Crippen LogP contribution in [0.15, 0.2) is 334 Å². The van der Waals surface area contributed by atoms with Gasteiger partial charge in [-0.2, -0.15) is 0 Å². The number of benzene rings is 13. The Bertz CT molecular complexity index is 4000. The highest BCUT2D eigenvalue weighted by Gasteiger charge is 2.20. The van der Waals surface area contributed by atoms with Crippen LogP contribution in [0.3, 0.4) is 0 Å². The summed E-state index contributed by atoms with van der Waals surface area (Å²) < 4.78 is 25.7. The van der Waals surface area contributed by atoms with Crippen molar-refractivity contribution in [3.8, 4) is 90.5 Å². The Labute approximate surface area is 496 Å². The minimum atomic E-state index is 0.732. The lowest BCUT2D eigenvalue weighted by Crippen LogP contribution is -2.13. The SMILES string of the molecule is Cc1cc(N(c2ccc(Oc3ccc(-c4ccccc4)cc3)cc2)c2ccc(Oc3ccc(-c4ccccc4)cc3)cc2)ccc1N(c1ccc(Oc2ccc(-c3ccccc3)cc2)cc1)c1ccc(Oc2ccc(-c3ccccc3)cc2)cc1. The molecule has 0 aliphatic heterocycles. The van der Waals surface area contributed by atoms with Crippen molar-refractivity contribution in [1.29, 1.82) is 0 Å². The van der Waals surface area contributed by atoms with Crippen LogP contribution in [0, 0.1) is 6.92 Å². The van der Waals surface area contributed by atoms with Gasteiger partial charge in [0.05, 0.1) is 0 Å². The van der Waals surface area contributed by atoms with Gasteiger partial charge in [0.25, 0.3) is 0 Å². The summed E-state index contributed by atoms with van der Waals surface area (Å²) in [5, 5.41) is 0. The number of nitrogens with zero attached hydrogens (tertiary/aromatic N) is 2. The first kappa shape index (κ1) is 53.0. The Morgan fingerprint density at radius 1 is 0.188 bits per heavy atom. The normalized spacial score (nSPS) is 10.9. The molecule has 0 saturated heterocycles. The molecule has 0 aromatic heterocycles. The van der Waals surface area contributed by atoms with Crippen LogP contribution < -0.4 is 28.7 Å². The van der Waals surface area contributed by atoms with Gasteiger partial charge in [0.15, 0.2) is 0 Å². The van der Waals surface area contributed by atoms with Gasteiger partial charge in [0.1, 0.15) is 46.0 Å². The van der Waals surface area contributed by atoms with Crippen molar-refractivity contribution in [3.05, 3.63) is 339 Å². The highest BCUT2D eigenvalue weighted by molar-refractivity contribution is 5.84. The summed E-state index contributed by atoms with van der Waals surface area (Å²) in [6, 6.07) is 114. The fourth-order valence-corrected chi connectivity index (χ4v) is 10.5. The van der Waals surface area contributed by atoms with E-state index < -0.39 is 0 Å². The van der Waals surface area contributed by atoms with Crippen LogP contribution in [0.25, 0.3) is 44.5 Å². The summed E-state index contributed by atoms with van der Waals surface area (Å²) >= 11 is 0. The molecule has 0 saturated carbocycles. The molecule has 0 amide bonds. The second-order valence-corrected chi connectivity index (χ2v) is 20.6.